The van der Waals surface area contributed by atoms with E-state index in [1.165, 1.54) is 18.2 Å². The number of hydrogen-bond donors (Lipinski definition) is 1. The first kappa shape index (κ1) is 17.2. The van der Waals surface area contributed by atoms with Gasteiger partial charge in [-0.1, -0.05) is 0 Å². The SMILES string of the molecule is CC(Oc1ccc(F)cc1Br)C(=O)N1CCC(C(C)N)CC1. The van der Waals surface area contributed by atoms with Gasteiger partial charge >= 0.3 is 0 Å². The summed E-state index contributed by atoms with van der Waals surface area (Å²) in [5, 5.41) is 0. The standard InChI is InChI=1S/C16H22BrFN2O2/c1-10(19)12-5-7-20(8-6-12)16(21)11(2)22-15-4-3-13(18)9-14(15)17/h3-4,9-12H,5-8,19H2,1-2H3. The second kappa shape index (κ2) is 7.42. The van der Waals surface area contributed by atoms with Crippen LogP contribution in [-0.4, -0.2) is 36.0 Å². The van der Waals surface area contributed by atoms with Crippen molar-refractivity contribution in [2.75, 3.05) is 13.1 Å². The minimum atomic E-state index is -0.603. The molecule has 6 heteroatoms. The van der Waals surface area contributed by atoms with Crippen LogP contribution in [0.25, 0.3) is 0 Å². The number of halogens is 2. The molecule has 1 saturated heterocycles. The third-order valence-electron chi connectivity index (χ3n) is 4.14. The lowest BCUT2D eigenvalue weighted by Crippen LogP contribution is -2.46. The predicted octanol–water partition coefficient (Wildman–Crippen LogP) is 2.94. The van der Waals surface area contributed by atoms with Crippen LogP contribution in [0, 0.1) is 11.7 Å². The summed E-state index contributed by atoms with van der Waals surface area (Å²) in [6.45, 7) is 5.16. The molecule has 2 atom stereocenters. The molecule has 1 aliphatic heterocycles. The van der Waals surface area contributed by atoms with Crippen LogP contribution >= 0.6 is 15.9 Å². The zero-order valence-electron chi connectivity index (χ0n) is 12.9. The topological polar surface area (TPSA) is 55.6 Å². The highest BCUT2D eigenvalue weighted by Gasteiger charge is 2.28. The van der Waals surface area contributed by atoms with E-state index in [0.29, 0.717) is 29.2 Å². The lowest BCUT2D eigenvalue weighted by atomic mass is 9.91. The molecular formula is C16H22BrFN2O2. The maximum Gasteiger partial charge on any atom is 0.263 e. The van der Waals surface area contributed by atoms with E-state index in [1.807, 2.05) is 11.8 Å². The zero-order chi connectivity index (χ0) is 16.3. The van der Waals surface area contributed by atoms with Gasteiger partial charge in [0.1, 0.15) is 11.6 Å². The molecule has 2 rings (SSSR count). The summed E-state index contributed by atoms with van der Waals surface area (Å²) >= 11 is 3.24. The molecule has 0 bridgehead atoms. The molecule has 122 valence electrons. The molecule has 1 amide bonds. The van der Waals surface area contributed by atoms with E-state index in [9.17, 15) is 9.18 Å². The minimum Gasteiger partial charge on any atom is -0.480 e. The van der Waals surface area contributed by atoms with Crippen molar-refractivity contribution in [1.82, 2.24) is 4.90 Å². The van der Waals surface area contributed by atoms with Crippen molar-refractivity contribution in [2.24, 2.45) is 11.7 Å². The second-order valence-corrected chi connectivity index (χ2v) is 6.71. The molecule has 1 fully saturated rings. The van der Waals surface area contributed by atoms with Crippen molar-refractivity contribution >= 4 is 21.8 Å². The monoisotopic (exact) mass is 372 g/mol. The highest BCUT2D eigenvalue weighted by molar-refractivity contribution is 9.10. The Morgan fingerprint density at radius 1 is 1.41 bits per heavy atom. The summed E-state index contributed by atoms with van der Waals surface area (Å²) in [5.41, 5.74) is 5.92. The first-order valence-electron chi connectivity index (χ1n) is 7.54. The Hall–Kier alpha value is -1.14. The van der Waals surface area contributed by atoms with Gasteiger partial charge in [0.05, 0.1) is 4.47 Å². The largest absolute Gasteiger partial charge is 0.480 e. The van der Waals surface area contributed by atoms with Gasteiger partial charge in [-0.3, -0.25) is 4.79 Å². The maximum absolute atomic E-state index is 13.1. The number of hydrogen-bond acceptors (Lipinski definition) is 3. The average Bonchev–Trinajstić information content (AvgIpc) is 2.49. The van der Waals surface area contributed by atoms with E-state index < -0.39 is 6.10 Å². The highest BCUT2D eigenvalue weighted by atomic mass is 79.9. The van der Waals surface area contributed by atoms with Gasteiger partial charge in [0.25, 0.3) is 5.91 Å². The predicted molar refractivity (Wildman–Crippen MR) is 87.1 cm³/mol. The molecule has 0 saturated carbocycles. The Labute approximate surface area is 138 Å². The molecule has 1 heterocycles. The molecular weight excluding hydrogens is 351 g/mol. The average molecular weight is 373 g/mol. The summed E-state index contributed by atoms with van der Waals surface area (Å²) < 4.78 is 19.2. The van der Waals surface area contributed by atoms with Crippen LogP contribution in [0.4, 0.5) is 4.39 Å². The lowest BCUT2D eigenvalue weighted by Gasteiger charge is -2.35. The fraction of sp³-hybridized carbons (Fsp3) is 0.562. The summed E-state index contributed by atoms with van der Waals surface area (Å²) in [6.07, 6.45) is 1.25. The fourth-order valence-electron chi connectivity index (χ4n) is 2.71. The zero-order valence-corrected chi connectivity index (χ0v) is 14.5. The van der Waals surface area contributed by atoms with Crippen molar-refractivity contribution in [1.29, 1.82) is 0 Å². The van der Waals surface area contributed by atoms with Crippen LogP contribution in [0.15, 0.2) is 22.7 Å². The van der Waals surface area contributed by atoms with Crippen molar-refractivity contribution in [3.63, 3.8) is 0 Å². The molecule has 1 aliphatic rings. The van der Waals surface area contributed by atoms with Gasteiger partial charge in [0.2, 0.25) is 0 Å². The summed E-state index contributed by atoms with van der Waals surface area (Å²) in [7, 11) is 0. The molecule has 2 unspecified atom stereocenters. The van der Waals surface area contributed by atoms with E-state index in [2.05, 4.69) is 15.9 Å². The number of nitrogens with two attached hydrogens (primary N) is 1. The molecule has 2 N–H and O–H groups in total. The van der Waals surface area contributed by atoms with Crippen LogP contribution < -0.4 is 10.5 Å². The quantitative estimate of drug-likeness (QED) is 0.883. The molecule has 0 spiro atoms. The Bertz CT molecular complexity index is 531. The van der Waals surface area contributed by atoms with Gasteiger partial charge in [-0.15, -0.1) is 0 Å². The molecule has 4 nitrogen and oxygen atoms in total. The normalized spacial score (nSPS) is 18.9. The second-order valence-electron chi connectivity index (χ2n) is 5.86. The minimum absolute atomic E-state index is 0.0423. The summed E-state index contributed by atoms with van der Waals surface area (Å²) in [4.78, 5) is 14.3. The number of ether oxygens (including phenoxy) is 1. The van der Waals surface area contributed by atoms with Crippen LogP contribution in [-0.2, 0) is 4.79 Å². The van der Waals surface area contributed by atoms with E-state index in [0.717, 1.165) is 12.8 Å². The van der Waals surface area contributed by atoms with Crippen molar-refractivity contribution in [3.05, 3.63) is 28.5 Å². The molecule has 22 heavy (non-hydrogen) atoms. The van der Waals surface area contributed by atoms with Gasteiger partial charge in [-0.25, -0.2) is 4.39 Å². The molecule has 1 aromatic carbocycles. The number of benzene rings is 1. The first-order valence-corrected chi connectivity index (χ1v) is 8.34. The van der Waals surface area contributed by atoms with Gasteiger partial charge in [-0.05, 0) is 66.7 Å². The summed E-state index contributed by atoms with van der Waals surface area (Å²) in [6, 6.07) is 4.32. The molecule has 0 radical (unpaired) electrons. The van der Waals surface area contributed by atoms with E-state index in [1.54, 1.807) is 6.92 Å². The van der Waals surface area contributed by atoms with Crippen molar-refractivity contribution in [3.8, 4) is 5.75 Å². The number of carbonyl (C=O) groups is 1. The van der Waals surface area contributed by atoms with Crippen LogP contribution in [0.2, 0.25) is 0 Å². The van der Waals surface area contributed by atoms with Crippen molar-refractivity contribution in [2.45, 2.75) is 38.8 Å². The number of likely N-dealkylation sites (tertiary alicyclic amines) is 1. The highest BCUT2D eigenvalue weighted by Crippen LogP contribution is 2.27. The van der Waals surface area contributed by atoms with Gasteiger partial charge in [-0.2, -0.15) is 0 Å². The third-order valence-corrected chi connectivity index (χ3v) is 4.76. The summed E-state index contributed by atoms with van der Waals surface area (Å²) in [5.74, 6) is 0.551. The van der Waals surface area contributed by atoms with Crippen LogP contribution in [0.1, 0.15) is 26.7 Å². The maximum atomic E-state index is 13.1. The Balaban J connectivity index is 1.92. The fourth-order valence-corrected chi connectivity index (χ4v) is 3.16. The number of piperidine rings is 1. The van der Waals surface area contributed by atoms with Crippen molar-refractivity contribution < 1.29 is 13.9 Å². The number of rotatable bonds is 4. The number of carbonyl (C=O) groups excluding carboxylic acids is 1. The van der Waals surface area contributed by atoms with E-state index in [-0.39, 0.29) is 17.8 Å². The Morgan fingerprint density at radius 3 is 2.59 bits per heavy atom. The third kappa shape index (κ3) is 4.20. The first-order chi connectivity index (χ1) is 10.4. The number of amides is 1. The molecule has 1 aromatic rings. The van der Waals surface area contributed by atoms with E-state index >= 15 is 0 Å². The van der Waals surface area contributed by atoms with E-state index in [4.69, 9.17) is 10.5 Å². The Kier molecular flexibility index (Phi) is 5.81. The Morgan fingerprint density at radius 2 is 2.05 bits per heavy atom. The van der Waals surface area contributed by atoms with Crippen LogP contribution in [0.3, 0.4) is 0 Å². The molecule has 0 aliphatic carbocycles. The van der Waals surface area contributed by atoms with Gasteiger partial charge in [0.15, 0.2) is 6.10 Å². The smallest absolute Gasteiger partial charge is 0.263 e. The lowest BCUT2D eigenvalue weighted by molar-refractivity contribution is -0.139. The van der Waals surface area contributed by atoms with Crippen LogP contribution in [0.5, 0.6) is 5.75 Å². The molecule has 0 aromatic heterocycles. The number of nitrogens with zero attached hydrogens (tertiary/aromatic N) is 1. The van der Waals surface area contributed by atoms with Gasteiger partial charge < -0.3 is 15.4 Å². The van der Waals surface area contributed by atoms with Gasteiger partial charge in [0, 0.05) is 19.1 Å².